The standard InChI is InChI=1S/C24H26N4O3/c1-16(23(25)30)18-3-6-21(7-4-18)28-10-9-19-15-20(5-8-22(19)28)24(31)27-13-11-26(12-14-27)17(2)29/h3-10,15-16H,11-14H2,1-2H3,(H2,25,30). The molecule has 1 fully saturated rings. The van der Waals surface area contributed by atoms with Gasteiger partial charge in [-0.1, -0.05) is 12.1 Å². The fourth-order valence-corrected chi connectivity index (χ4v) is 4.00. The number of rotatable bonds is 4. The van der Waals surface area contributed by atoms with Crippen LogP contribution in [0.2, 0.25) is 0 Å². The highest BCUT2D eigenvalue weighted by Gasteiger charge is 2.23. The number of nitrogens with two attached hydrogens (primary N) is 1. The summed E-state index contributed by atoms with van der Waals surface area (Å²) in [7, 11) is 0. The number of nitrogens with zero attached hydrogens (tertiary/aromatic N) is 3. The van der Waals surface area contributed by atoms with E-state index in [4.69, 9.17) is 5.73 Å². The number of hydrogen-bond donors (Lipinski definition) is 1. The predicted octanol–water partition coefficient (Wildman–Crippen LogP) is 2.52. The lowest BCUT2D eigenvalue weighted by atomic mass is 10.0. The molecular weight excluding hydrogens is 392 g/mol. The van der Waals surface area contributed by atoms with E-state index in [2.05, 4.69) is 0 Å². The highest BCUT2D eigenvalue weighted by Crippen LogP contribution is 2.24. The average Bonchev–Trinajstić information content (AvgIpc) is 3.21. The first-order valence-corrected chi connectivity index (χ1v) is 10.4. The van der Waals surface area contributed by atoms with Crippen LogP contribution in [0.1, 0.15) is 35.7 Å². The Morgan fingerprint density at radius 2 is 1.55 bits per heavy atom. The third-order valence-electron chi connectivity index (χ3n) is 6.05. The maximum Gasteiger partial charge on any atom is 0.253 e. The largest absolute Gasteiger partial charge is 0.369 e. The average molecular weight is 418 g/mol. The summed E-state index contributed by atoms with van der Waals surface area (Å²) in [6, 6.07) is 15.4. The number of benzene rings is 2. The number of carbonyl (C=O) groups is 3. The van der Waals surface area contributed by atoms with Gasteiger partial charge in [0.15, 0.2) is 0 Å². The van der Waals surface area contributed by atoms with Crippen molar-refractivity contribution in [3.63, 3.8) is 0 Å². The van der Waals surface area contributed by atoms with Crippen LogP contribution in [0.25, 0.3) is 16.6 Å². The molecule has 3 aromatic rings. The van der Waals surface area contributed by atoms with E-state index < -0.39 is 0 Å². The van der Waals surface area contributed by atoms with E-state index in [0.29, 0.717) is 31.7 Å². The molecule has 2 heterocycles. The lowest BCUT2D eigenvalue weighted by Gasteiger charge is -2.34. The molecule has 0 radical (unpaired) electrons. The summed E-state index contributed by atoms with van der Waals surface area (Å²) in [6.07, 6.45) is 1.97. The molecule has 0 aliphatic carbocycles. The first kappa shape index (κ1) is 20.7. The fourth-order valence-electron chi connectivity index (χ4n) is 4.00. The maximum atomic E-state index is 12.9. The van der Waals surface area contributed by atoms with E-state index in [1.165, 1.54) is 0 Å². The molecule has 1 atom stereocenters. The second kappa shape index (κ2) is 8.26. The van der Waals surface area contributed by atoms with Crippen LogP contribution in [0.3, 0.4) is 0 Å². The Hall–Kier alpha value is -3.61. The Balaban J connectivity index is 1.54. The molecule has 0 bridgehead atoms. The topological polar surface area (TPSA) is 88.6 Å². The van der Waals surface area contributed by atoms with Gasteiger partial charge in [0, 0.05) is 55.9 Å². The van der Waals surface area contributed by atoms with Crippen molar-refractivity contribution in [2.75, 3.05) is 26.2 Å². The number of primary amides is 1. The molecule has 0 saturated carbocycles. The zero-order chi connectivity index (χ0) is 22.1. The fraction of sp³-hybridized carbons (Fsp3) is 0.292. The van der Waals surface area contributed by atoms with E-state index in [1.807, 2.05) is 59.3 Å². The second-order valence-electron chi connectivity index (χ2n) is 7.97. The van der Waals surface area contributed by atoms with Gasteiger partial charge >= 0.3 is 0 Å². The van der Waals surface area contributed by atoms with Gasteiger partial charge in [0.1, 0.15) is 0 Å². The molecule has 7 nitrogen and oxygen atoms in total. The number of amides is 3. The molecule has 160 valence electrons. The van der Waals surface area contributed by atoms with Crippen molar-refractivity contribution in [1.29, 1.82) is 0 Å². The third-order valence-corrected chi connectivity index (χ3v) is 6.05. The van der Waals surface area contributed by atoms with Gasteiger partial charge in [-0.2, -0.15) is 0 Å². The van der Waals surface area contributed by atoms with E-state index in [0.717, 1.165) is 22.2 Å². The molecule has 1 saturated heterocycles. The molecule has 2 aromatic carbocycles. The molecular formula is C24H26N4O3. The molecule has 2 N–H and O–H groups in total. The summed E-state index contributed by atoms with van der Waals surface area (Å²) in [4.78, 5) is 39.4. The van der Waals surface area contributed by atoms with Gasteiger partial charge < -0.3 is 20.1 Å². The molecule has 0 spiro atoms. The van der Waals surface area contributed by atoms with E-state index >= 15 is 0 Å². The molecule has 31 heavy (non-hydrogen) atoms. The summed E-state index contributed by atoms with van der Waals surface area (Å²) >= 11 is 0. The minimum atomic E-state index is -0.348. The Morgan fingerprint density at radius 3 is 2.16 bits per heavy atom. The van der Waals surface area contributed by atoms with Gasteiger partial charge in [-0.25, -0.2) is 0 Å². The van der Waals surface area contributed by atoms with Crippen molar-refractivity contribution in [2.24, 2.45) is 5.73 Å². The Morgan fingerprint density at radius 1 is 0.903 bits per heavy atom. The summed E-state index contributed by atoms with van der Waals surface area (Å²) in [6.45, 7) is 5.60. The monoisotopic (exact) mass is 418 g/mol. The number of aromatic nitrogens is 1. The van der Waals surface area contributed by atoms with Crippen LogP contribution in [0, 0.1) is 0 Å². The van der Waals surface area contributed by atoms with Gasteiger partial charge in [0.25, 0.3) is 5.91 Å². The highest BCUT2D eigenvalue weighted by atomic mass is 16.2. The highest BCUT2D eigenvalue weighted by molar-refractivity contribution is 5.98. The van der Waals surface area contributed by atoms with Crippen molar-refractivity contribution >= 4 is 28.6 Å². The summed E-state index contributed by atoms with van der Waals surface area (Å²) < 4.78 is 2.05. The van der Waals surface area contributed by atoms with Crippen LogP contribution < -0.4 is 5.73 Å². The van der Waals surface area contributed by atoms with E-state index in [-0.39, 0.29) is 23.6 Å². The molecule has 1 aromatic heterocycles. The summed E-state index contributed by atoms with van der Waals surface area (Å²) in [5.74, 6) is -0.643. The van der Waals surface area contributed by atoms with Crippen molar-refractivity contribution < 1.29 is 14.4 Å². The molecule has 1 aliphatic heterocycles. The van der Waals surface area contributed by atoms with Gasteiger partial charge in [-0.3, -0.25) is 14.4 Å². The predicted molar refractivity (Wildman–Crippen MR) is 119 cm³/mol. The smallest absolute Gasteiger partial charge is 0.253 e. The number of carbonyl (C=O) groups excluding carboxylic acids is 3. The lowest BCUT2D eigenvalue weighted by molar-refractivity contribution is -0.130. The van der Waals surface area contributed by atoms with Crippen molar-refractivity contribution in [3.05, 3.63) is 65.9 Å². The quantitative estimate of drug-likeness (QED) is 0.706. The normalized spacial score (nSPS) is 15.2. The maximum absolute atomic E-state index is 12.9. The van der Waals surface area contributed by atoms with Crippen molar-refractivity contribution in [3.8, 4) is 5.69 Å². The Kier molecular flexibility index (Phi) is 5.50. The van der Waals surface area contributed by atoms with E-state index in [9.17, 15) is 14.4 Å². The molecule has 4 rings (SSSR count). The SMILES string of the molecule is CC(=O)N1CCN(C(=O)c2ccc3c(ccn3-c3ccc(C(C)C(N)=O)cc3)c2)CC1. The van der Waals surface area contributed by atoms with Crippen LogP contribution in [0.15, 0.2) is 54.7 Å². The third kappa shape index (κ3) is 4.03. The Labute approximate surface area is 181 Å². The van der Waals surface area contributed by atoms with Crippen LogP contribution in [0.4, 0.5) is 0 Å². The molecule has 1 aliphatic rings. The van der Waals surface area contributed by atoms with Crippen molar-refractivity contribution in [1.82, 2.24) is 14.4 Å². The minimum absolute atomic E-state index is 0.0114. The van der Waals surface area contributed by atoms with Gasteiger partial charge in [-0.15, -0.1) is 0 Å². The van der Waals surface area contributed by atoms with E-state index in [1.54, 1.807) is 23.6 Å². The van der Waals surface area contributed by atoms with Gasteiger partial charge in [-0.05, 0) is 48.9 Å². The summed E-state index contributed by atoms with van der Waals surface area (Å²) in [5, 5.41) is 0.975. The number of piperazine rings is 1. The summed E-state index contributed by atoms with van der Waals surface area (Å²) in [5.41, 5.74) is 8.88. The van der Waals surface area contributed by atoms with Crippen molar-refractivity contribution in [2.45, 2.75) is 19.8 Å². The second-order valence-corrected chi connectivity index (χ2v) is 7.97. The first-order chi connectivity index (χ1) is 14.8. The minimum Gasteiger partial charge on any atom is -0.369 e. The zero-order valence-electron chi connectivity index (χ0n) is 17.7. The lowest BCUT2D eigenvalue weighted by Crippen LogP contribution is -2.50. The van der Waals surface area contributed by atoms with Crippen LogP contribution in [-0.4, -0.2) is 58.3 Å². The van der Waals surface area contributed by atoms with Crippen LogP contribution >= 0.6 is 0 Å². The van der Waals surface area contributed by atoms with Crippen LogP contribution in [-0.2, 0) is 9.59 Å². The van der Waals surface area contributed by atoms with Crippen LogP contribution in [0.5, 0.6) is 0 Å². The number of hydrogen-bond acceptors (Lipinski definition) is 3. The zero-order valence-corrected chi connectivity index (χ0v) is 17.7. The molecule has 7 heteroatoms. The Bertz CT molecular complexity index is 1140. The molecule has 3 amide bonds. The number of fused-ring (bicyclic) bond motifs is 1. The van der Waals surface area contributed by atoms with Gasteiger partial charge in [0.2, 0.25) is 11.8 Å². The first-order valence-electron chi connectivity index (χ1n) is 10.4. The van der Waals surface area contributed by atoms with Gasteiger partial charge in [0.05, 0.1) is 11.4 Å². The molecule has 1 unspecified atom stereocenters.